The van der Waals surface area contributed by atoms with Crippen LogP contribution >= 0.6 is 0 Å². The summed E-state index contributed by atoms with van der Waals surface area (Å²) in [7, 11) is -3.03. The van der Waals surface area contributed by atoms with E-state index >= 15 is 0 Å². The molecule has 0 radical (unpaired) electrons. The smallest absolute Gasteiger partial charge is 0.156 e. The van der Waals surface area contributed by atoms with Gasteiger partial charge in [-0.05, 0) is 43.4 Å². The third-order valence-corrected chi connectivity index (χ3v) is 7.09. The van der Waals surface area contributed by atoms with E-state index in [1.807, 2.05) is 6.07 Å². The van der Waals surface area contributed by atoms with E-state index in [9.17, 15) is 13.5 Å². The Morgan fingerprint density at radius 1 is 1.16 bits per heavy atom. The molecule has 19 heavy (non-hydrogen) atoms. The zero-order valence-corrected chi connectivity index (χ0v) is 11.2. The molecule has 1 aromatic rings. The maximum absolute atomic E-state index is 12.0. The lowest BCUT2D eigenvalue weighted by Gasteiger charge is -2.36. The molecule has 0 amide bonds. The Morgan fingerprint density at radius 2 is 1.68 bits per heavy atom. The van der Waals surface area contributed by atoms with Crippen molar-refractivity contribution in [1.29, 1.82) is 5.26 Å². The summed E-state index contributed by atoms with van der Waals surface area (Å²) >= 11 is 0. The normalized spacial score (nSPS) is 35.8. The van der Waals surface area contributed by atoms with Gasteiger partial charge in [-0.15, -0.1) is 0 Å². The van der Waals surface area contributed by atoms with Crippen molar-refractivity contribution in [2.75, 3.05) is 0 Å². The average molecular weight is 277 g/mol. The SMILES string of the molecule is N#Cc1ccc(C2(O)CC3CCC(C2)S3(=O)=O)cc1. The standard InChI is InChI=1S/C14H15NO3S/c15-9-10-1-3-11(4-2-10)14(16)7-12-5-6-13(8-14)19(12,17)18/h1-4,12-13,16H,5-8H2. The van der Waals surface area contributed by atoms with Crippen molar-refractivity contribution in [3.63, 3.8) is 0 Å². The average Bonchev–Trinajstić information content (AvgIpc) is 2.58. The van der Waals surface area contributed by atoms with Crippen LogP contribution in [0, 0.1) is 11.3 Å². The van der Waals surface area contributed by atoms with Crippen molar-refractivity contribution in [3.8, 4) is 6.07 Å². The van der Waals surface area contributed by atoms with Crippen LogP contribution in [0.2, 0.25) is 0 Å². The van der Waals surface area contributed by atoms with Crippen LogP contribution < -0.4 is 0 Å². The highest BCUT2D eigenvalue weighted by atomic mass is 32.2. The number of aliphatic hydroxyl groups is 1. The van der Waals surface area contributed by atoms with Gasteiger partial charge in [0.25, 0.3) is 0 Å². The predicted octanol–water partition coefficient (Wildman–Crippen LogP) is 1.49. The fourth-order valence-corrected chi connectivity index (χ4v) is 5.83. The Hall–Kier alpha value is -1.38. The quantitative estimate of drug-likeness (QED) is 0.843. The van der Waals surface area contributed by atoms with E-state index in [2.05, 4.69) is 0 Å². The van der Waals surface area contributed by atoms with E-state index in [1.165, 1.54) is 0 Å². The van der Waals surface area contributed by atoms with Crippen LogP contribution in [-0.2, 0) is 15.4 Å². The van der Waals surface area contributed by atoms with Gasteiger partial charge in [0.05, 0.1) is 27.7 Å². The van der Waals surface area contributed by atoms with Gasteiger partial charge in [0.15, 0.2) is 9.84 Å². The monoisotopic (exact) mass is 277 g/mol. The van der Waals surface area contributed by atoms with Crippen molar-refractivity contribution in [2.24, 2.45) is 0 Å². The van der Waals surface area contributed by atoms with Crippen molar-refractivity contribution in [3.05, 3.63) is 35.4 Å². The number of nitrogens with zero attached hydrogens (tertiary/aromatic N) is 1. The molecule has 2 fully saturated rings. The summed E-state index contributed by atoms with van der Waals surface area (Å²) < 4.78 is 24.1. The molecule has 0 aliphatic carbocycles. The zero-order chi connectivity index (χ0) is 13.7. The summed E-state index contributed by atoms with van der Waals surface area (Å²) in [6, 6.07) is 8.83. The first-order valence-corrected chi connectivity index (χ1v) is 8.02. The van der Waals surface area contributed by atoms with Crippen molar-refractivity contribution in [1.82, 2.24) is 0 Å². The lowest BCUT2D eigenvalue weighted by molar-refractivity contribution is 0.0173. The molecule has 2 aliphatic rings. The largest absolute Gasteiger partial charge is 0.385 e. The van der Waals surface area contributed by atoms with Crippen LogP contribution in [0.1, 0.15) is 36.8 Å². The van der Waals surface area contributed by atoms with Gasteiger partial charge < -0.3 is 5.11 Å². The fraction of sp³-hybridized carbons (Fsp3) is 0.500. The van der Waals surface area contributed by atoms with E-state index in [-0.39, 0.29) is 12.8 Å². The Kier molecular flexibility index (Phi) is 2.70. The molecule has 3 rings (SSSR count). The molecular weight excluding hydrogens is 262 g/mol. The highest BCUT2D eigenvalue weighted by Crippen LogP contribution is 2.47. The number of fused-ring (bicyclic) bond motifs is 2. The number of sulfone groups is 1. The van der Waals surface area contributed by atoms with Gasteiger partial charge in [-0.2, -0.15) is 5.26 Å². The van der Waals surface area contributed by atoms with Crippen LogP contribution in [0.4, 0.5) is 0 Å². The summed E-state index contributed by atoms with van der Waals surface area (Å²) in [6.07, 6.45) is 1.87. The fourth-order valence-electron chi connectivity index (χ4n) is 3.34. The maximum Gasteiger partial charge on any atom is 0.156 e. The summed E-state index contributed by atoms with van der Waals surface area (Å²) in [4.78, 5) is 0. The van der Waals surface area contributed by atoms with Gasteiger partial charge in [0.2, 0.25) is 0 Å². The van der Waals surface area contributed by atoms with Gasteiger partial charge in [0, 0.05) is 0 Å². The second-order valence-corrected chi connectivity index (χ2v) is 8.05. The van der Waals surface area contributed by atoms with Gasteiger partial charge >= 0.3 is 0 Å². The molecule has 1 aromatic carbocycles. The molecule has 2 atom stereocenters. The molecular formula is C14H15NO3S. The molecule has 2 heterocycles. The van der Waals surface area contributed by atoms with Crippen LogP contribution in [0.3, 0.4) is 0 Å². The van der Waals surface area contributed by atoms with Crippen LogP contribution in [-0.4, -0.2) is 24.0 Å². The van der Waals surface area contributed by atoms with Gasteiger partial charge in [0.1, 0.15) is 0 Å². The highest BCUT2D eigenvalue weighted by Gasteiger charge is 2.53. The minimum Gasteiger partial charge on any atom is -0.385 e. The van der Waals surface area contributed by atoms with E-state index < -0.39 is 25.9 Å². The highest BCUT2D eigenvalue weighted by molar-refractivity contribution is 7.93. The zero-order valence-electron chi connectivity index (χ0n) is 10.4. The van der Waals surface area contributed by atoms with Crippen molar-refractivity contribution < 1.29 is 13.5 Å². The van der Waals surface area contributed by atoms with Crippen molar-refractivity contribution in [2.45, 2.75) is 41.8 Å². The van der Waals surface area contributed by atoms with E-state index in [4.69, 9.17) is 5.26 Å². The lowest BCUT2D eigenvalue weighted by Crippen LogP contribution is -2.43. The minimum absolute atomic E-state index is 0.276. The first-order valence-electron chi connectivity index (χ1n) is 6.41. The number of hydrogen-bond donors (Lipinski definition) is 1. The lowest BCUT2D eigenvalue weighted by atomic mass is 9.85. The Bertz CT molecular complexity index is 622. The molecule has 5 heteroatoms. The first-order chi connectivity index (χ1) is 8.95. The van der Waals surface area contributed by atoms with Crippen LogP contribution in [0.15, 0.2) is 24.3 Å². The van der Waals surface area contributed by atoms with E-state index in [0.29, 0.717) is 18.4 Å². The molecule has 4 nitrogen and oxygen atoms in total. The van der Waals surface area contributed by atoms with Gasteiger partial charge in [-0.3, -0.25) is 0 Å². The summed E-state index contributed by atoms with van der Waals surface area (Å²) in [5.41, 5.74) is 0.197. The Labute approximate surface area is 112 Å². The summed E-state index contributed by atoms with van der Waals surface area (Å²) in [6.45, 7) is 0. The van der Waals surface area contributed by atoms with Crippen LogP contribution in [0.5, 0.6) is 0 Å². The Morgan fingerprint density at radius 3 is 2.16 bits per heavy atom. The van der Waals surface area contributed by atoms with E-state index in [1.54, 1.807) is 24.3 Å². The Balaban J connectivity index is 1.95. The first kappa shape index (κ1) is 12.6. The van der Waals surface area contributed by atoms with E-state index in [0.717, 1.165) is 5.56 Å². The minimum atomic E-state index is -3.03. The third-order valence-electron chi connectivity index (χ3n) is 4.42. The van der Waals surface area contributed by atoms with Crippen molar-refractivity contribution >= 4 is 9.84 Å². The predicted molar refractivity (Wildman–Crippen MR) is 70.0 cm³/mol. The molecule has 2 bridgehead atoms. The summed E-state index contributed by atoms with van der Waals surface area (Å²) in [5, 5.41) is 18.7. The number of nitriles is 1. The maximum atomic E-state index is 12.0. The molecule has 0 spiro atoms. The summed E-state index contributed by atoms with van der Waals surface area (Å²) in [5.74, 6) is 0. The second kappa shape index (κ2) is 4.06. The number of rotatable bonds is 1. The molecule has 2 saturated heterocycles. The molecule has 1 N–H and O–H groups in total. The number of hydrogen-bond acceptors (Lipinski definition) is 4. The molecule has 2 aliphatic heterocycles. The van der Waals surface area contributed by atoms with Gasteiger partial charge in [-0.25, -0.2) is 8.42 Å². The third kappa shape index (κ3) is 1.87. The van der Waals surface area contributed by atoms with Gasteiger partial charge in [-0.1, -0.05) is 12.1 Å². The molecule has 0 saturated carbocycles. The second-order valence-electron chi connectivity index (χ2n) is 5.54. The molecule has 2 unspecified atom stereocenters. The van der Waals surface area contributed by atoms with Crippen LogP contribution in [0.25, 0.3) is 0 Å². The molecule has 100 valence electrons. The molecule has 0 aromatic heterocycles. The number of benzene rings is 1. The topological polar surface area (TPSA) is 78.2 Å².